The fourth-order valence-electron chi connectivity index (χ4n) is 2.49. The Morgan fingerprint density at radius 3 is 3.00 bits per heavy atom. The Kier molecular flexibility index (Phi) is 3.92. The Balaban J connectivity index is 0.00000120. The highest BCUT2D eigenvalue weighted by Gasteiger charge is 2.29. The van der Waals surface area contributed by atoms with Gasteiger partial charge in [-0.05, 0) is 38.0 Å². The maximum absolute atomic E-state index is 12.0. The number of H-pyrrole nitrogens is 1. The predicted octanol–water partition coefficient (Wildman–Crippen LogP) is 0.787. The van der Waals surface area contributed by atoms with Gasteiger partial charge in [-0.2, -0.15) is 5.10 Å². The first kappa shape index (κ1) is 13.4. The molecule has 0 saturated heterocycles. The van der Waals surface area contributed by atoms with Crippen molar-refractivity contribution in [2.24, 2.45) is 11.7 Å². The topological polar surface area (TPSA) is 83.8 Å². The molecule has 18 heavy (non-hydrogen) atoms. The van der Waals surface area contributed by atoms with Crippen LogP contribution < -0.4 is 11.1 Å². The van der Waals surface area contributed by atoms with Crippen molar-refractivity contribution in [1.82, 2.24) is 15.5 Å². The van der Waals surface area contributed by atoms with Gasteiger partial charge < -0.3 is 11.1 Å². The van der Waals surface area contributed by atoms with Gasteiger partial charge in [0.25, 0.3) is 5.91 Å². The number of fused-ring (bicyclic) bond motifs is 1. The summed E-state index contributed by atoms with van der Waals surface area (Å²) in [5.74, 6) is 0.528. The van der Waals surface area contributed by atoms with Gasteiger partial charge in [-0.15, -0.1) is 12.4 Å². The molecule has 6 heteroatoms. The number of nitrogens with one attached hydrogen (secondary N) is 2. The standard InChI is InChI=1S/C12H18N4O.ClH/c13-9(7-4-5-7)6-14-12(17)11-8-2-1-3-10(8)15-16-11;/h7,9H,1-6,13H2,(H,14,17)(H,15,16);1H. The van der Waals surface area contributed by atoms with Crippen LogP contribution >= 0.6 is 12.4 Å². The summed E-state index contributed by atoms with van der Waals surface area (Å²) in [5, 5.41) is 9.94. The van der Waals surface area contributed by atoms with Crippen LogP contribution in [0.25, 0.3) is 0 Å². The summed E-state index contributed by atoms with van der Waals surface area (Å²) in [7, 11) is 0. The van der Waals surface area contributed by atoms with E-state index >= 15 is 0 Å². The van der Waals surface area contributed by atoms with E-state index in [2.05, 4.69) is 15.5 Å². The third-order valence-electron chi connectivity index (χ3n) is 3.75. The predicted molar refractivity (Wildman–Crippen MR) is 70.9 cm³/mol. The van der Waals surface area contributed by atoms with Crippen LogP contribution in [0.5, 0.6) is 0 Å². The van der Waals surface area contributed by atoms with E-state index in [9.17, 15) is 4.79 Å². The lowest BCUT2D eigenvalue weighted by Crippen LogP contribution is -2.38. The number of carbonyl (C=O) groups excluding carboxylic acids is 1. The fraction of sp³-hybridized carbons (Fsp3) is 0.667. The number of halogens is 1. The van der Waals surface area contributed by atoms with Gasteiger partial charge in [-0.3, -0.25) is 9.89 Å². The van der Waals surface area contributed by atoms with Crippen molar-refractivity contribution in [1.29, 1.82) is 0 Å². The number of aromatic amines is 1. The summed E-state index contributed by atoms with van der Waals surface area (Å²) < 4.78 is 0. The summed E-state index contributed by atoms with van der Waals surface area (Å²) >= 11 is 0. The molecule has 1 saturated carbocycles. The smallest absolute Gasteiger partial charge is 0.272 e. The number of amides is 1. The molecule has 0 aliphatic heterocycles. The van der Waals surface area contributed by atoms with Crippen molar-refractivity contribution >= 4 is 18.3 Å². The van der Waals surface area contributed by atoms with Gasteiger partial charge in [0.2, 0.25) is 0 Å². The lowest BCUT2D eigenvalue weighted by atomic mass is 10.1. The molecule has 100 valence electrons. The molecule has 0 bridgehead atoms. The van der Waals surface area contributed by atoms with E-state index in [1.165, 1.54) is 12.8 Å². The van der Waals surface area contributed by atoms with Crippen molar-refractivity contribution in [2.75, 3.05) is 6.54 Å². The third-order valence-corrected chi connectivity index (χ3v) is 3.75. The summed E-state index contributed by atoms with van der Waals surface area (Å²) in [6.07, 6.45) is 5.50. The molecule has 1 heterocycles. The van der Waals surface area contributed by atoms with Crippen LogP contribution in [0.1, 0.15) is 41.0 Å². The number of rotatable bonds is 4. The molecule has 5 nitrogen and oxygen atoms in total. The van der Waals surface area contributed by atoms with E-state index in [0.29, 0.717) is 18.2 Å². The Morgan fingerprint density at radius 1 is 1.50 bits per heavy atom. The Bertz CT molecular complexity index is 441. The number of carbonyl (C=O) groups is 1. The van der Waals surface area contributed by atoms with Crippen LogP contribution in [-0.2, 0) is 12.8 Å². The highest BCUT2D eigenvalue weighted by Crippen LogP contribution is 2.31. The van der Waals surface area contributed by atoms with Gasteiger partial charge in [0.15, 0.2) is 5.69 Å². The van der Waals surface area contributed by atoms with Gasteiger partial charge in [-0.1, -0.05) is 0 Å². The van der Waals surface area contributed by atoms with Crippen LogP contribution in [0.4, 0.5) is 0 Å². The zero-order valence-corrected chi connectivity index (χ0v) is 11.1. The minimum absolute atomic E-state index is 0. The first-order valence-electron chi connectivity index (χ1n) is 6.35. The molecule has 1 fully saturated rings. The van der Waals surface area contributed by atoms with E-state index in [-0.39, 0.29) is 24.4 Å². The molecule has 4 N–H and O–H groups in total. The molecule has 1 aromatic rings. The number of nitrogens with zero attached hydrogens (tertiary/aromatic N) is 1. The number of hydrogen-bond donors (Lipinski definition) is 3. The minimum Gasteiger partial charge on any atom is -0.349 e. The SMILES string of the molecule is Cl.NC(CNC(=O)c1n[nH]c2c1CCC2)C1CC1. The molecule has 1 atom stereocenters. The molecular formula is C12H19ClN4O. The average Bonchev–Trinajstić information content (AvgIpc) is 2.93. The van der Waals surface area contributed by atoms with E-state index in [1.54, 1.807) is 0 Å². The molecule has 2 aliphatic carbocycles. The van der Waals surface area contributed by atoms with Crippen molar-refractivity contribution in [3.05, 3.63) is 17.0 Å². The van der Waals surface area contributed by atoms with Crippen molar-refractivity contribution < 1.29 is 4.79 Å². The zero-order valence-electron chi connectivity index (χ0n) is 10.2. The van der Waals surface area contributed by atoms with Crippen molar-refractivity contribution in [3.8, 4) is 0 Å². The van der Waals surface area contributed by atoms with E-state index < -0.39 is 0 Å². The first-order chi connectivity index (χ1) is 8.25. The van der Waals surface area contributed by atoms with E-state index in [1.807, 2.05) is 0 Å². The van der Waals surface area contributed by atoms with E-state index in [0.717, 1.165) is 30.5 Å². The van der Waals surface area contributed by atoms with Crippen LogP contribution in [0.2, 0.25) is 0 Å². The van der Waals surface area contributed by atoms with E-state index in [4.69, 9.17) is 5.73 Å². The Hall–Kier alpha value is -1.07. The average molecular weight is 271 g/mol. The minimum atomic E-state index is -0.0829. The Morgan fingerprint density at radius 2 is 2.28 bits per heavy atom. The van der Waals surface area contributed by atoms with Crippen LogP contribution in [0.15, 0.2) is 0 Å². The van der Waals surface area contributed by atoms with Gasteiger partial charge in [0, 0.05) is 23.8 Å². The number of aromatic nitrogens is 2. The third kappa shape index (κ3) is 2.52. The maximum Gasteiger partial charge on any atom is 0.272 e. The summed E-state index contributed by atoms with van der Waals surface area (Å²) in [5.41, 5.74) is 8.75. The lowest BCUT2D eigenvalue weighted by Gasteiger charge is -2.10. The molecule has 0 aromatic carbocycles. The number of nitrogens with two attached hydrogens (primary N) is 1. The van der Waals surface area contributed by atoms with Gasteiger partial charge in [-0.25, -0.2) is 0 Å². The number of hydrogen-bond acceptors (Lipinski definition) is 3. The molecular weight excluding hydrogens is 252 g/mol. The monoisotopic (exact) mass is 270 g/mol. The lowest BCUT2D eigenvalue weighted by molar-refractivity contribution is 0.0944. The van der Waals surface area contributed by atoms with Crippen molar-refractivity contribution in [3.63, 3.8) is 0 Å². The fourth-order valence-corrected chi connectivity index (χ4v) is 2.49. The van der Waals surface area contributed by atoms with Crippen LogP contribution in [0.3, 0.4) is 0 Å². The molecule has 1 amide bonds. The normalized spacial score (nSPS) is 18.9. The molecule has 3 rings (SSSR count). The summed E-state index contributed by atoms with van der Waals surface area (Å²) in [6, 6.07) is 0.103. The highest BCUT2D eigenvalue weighted by atomic mass is 35.5. The molecule has 1 unspecified atom stereocenters. The second-order valence-electron chi connectivity index (χ2n) is 5.09. The molecule has 2 aliphatic rings. The van der Waals surface area contributed by atoms with Crippen LogP contribution in [0, 0.1) is 5.92 Å². The Labute approximate surface area is 112 Å². The molecule has 0 spiro atoms. The summed E-state index contributed by atoms with van der Waals surface area (Å²) in [6.45, 7) is 0.561. The van der Waals surface area contributed by atoms with Crippen LogP contribution in [-0.4, -0.2) is 28.7 Å². The largest absolute Gasteiger partial charge is 0.349 e. The highest BCUT2D eigenvalue weighted by molar-refractivity contribution is 5.94. The van der Waals surface area contributed by atoms with Gasteiger partial charge >= 0.3 is 0 Å². The van der Waals surface area contributed by atoms with Crippen molar-refractivity contribution in [2.45, 2.75) is 38.1 Å². The zero-order chi connectivity index (χ0) is 11.8. The summed E-state index contributed by atoms with van der Waals surface area (Å²) in [4.78, 5) is 12.0. The van der Waals surface area contributed by atoms with Gasteiger partial charge in [0.05, 0.1) is 0 Å². The maximum atomic E-state index is 12.0. The molecule has 0 radical (unpaired) electrons. The second kappa shape index (κ2) is 5.28. The first-order valence-corrected chi connectivity index (χ1v) is 6.35. The van der Waals surface area contributed by atoms with Gasteiger partial charge in [0.1, 0.15) is 0 Å². The number of aryl methyl sites for hydroxylation is 1. The quantitative estimate of drug-likeness (QED) is 0.756. The second-order valence-corrected chi connectivity index (χ2v) is 5.09. The molecule has 1 aromatic heterocycles.